The summed E-state index contributed by atoms with van der Waals surface area (Å²) >= 11 is 5.75. The van der Waals surface area contributed by atoms with E-state index in [2.05, 4.69) is 5.32 Å². The van der Waals surface area contributed by atoms with Gasteiger partial charge >= 0.3 is 5.97 Å². The molecule has 1 heterocycles. The van der Waals surface area contributed by atoms with Crippen LogP contribution >= 0.6 is 11.6 Å². The van der Waals surface area contributed by atoms with Gasteiger partial charge in [-0.2, -0.15) is 0 Å². The molecule has 0 aromatic heterocycles. The zero-order chi connectivity index (χ0) is 16.5. The summed E-state index contributed by atoms with van der Waals surface area (Å²) < 4.78 is 24.1. The summed E-state index contributed by atoms with van der Waals surface area (Å²) in [4.78, 5) is 23.5. The lowest BCUT2D eigenvalue weighted by Gasteiger charge is -2.14. The fourth-order valence-electron chi connectivity index (χ4n) is 2.32. The first-order valence-corrected chi connectivity index (χ1v) is 8.65. The quantitative estimate of drug-likeness (QED) is 0.842. The monoisotopic (exact) mass is 346 g/mol. The average molecular weight is 347 g/mol. The van der Waals surface area contributed by atoms with Gasteiger partial charge in [-0.1, -0.05) is 11.6 Å². The first-order valence-electron chi connectivity index (χ1n) is 6.43. The zero-order valence-corrected chi connectivity index (χ0v) is 13.3. The number of hydrogen-bond acceptors (Lipinski definition) is 4. The van der Waals surface area contributed by atoms with Crippen molar-refractivity contribution in [2.45, 2.75) is 0 Å². The molecule has 1 aromatic rings. The van der Waals surface area contributed by atoms with Crippen molar-refractivity contribution in [3.63, 3.8) is 0 Å². The van der Waals surface area contributed by atoms with Crippen LogP contribution in [0.1, 0.15) is 0 Å². The van der Waals surface area contributed by atoms with Crippen LogP contribution in [0.25, 0.3) is 0 Å². The highest BCUT2D eigenvalue weighted by atomic mass is 35.5. The molecule has 2 rings (SSSR count). The van der Waals surface area contributed by atoms with Gasteiger partial charge in [-0.15, -0.1) is 0 Å². The Kier molecular flexibility index (Phi) is 4.74. The van der Waals surface area contributed by atoms with Crippen molar-refractivity contribution >= 4 is 39.2 Å². The molecule has 1 amide bonds. The Labute approximate surface area is 132 Å². The van der Waals surface area contributed by atoms with Gasteiger partial charge in [0.05, 0.1) is 18.1 Å². The Hall–Kier alpha value is -1.64. The van der Waals surface area contributed by atoms with E-state index in [1.165, 1.54) is 0 Å². The number of rotatable bonds is 4. The summed E-state index contributed by atoms with van der Waals surface area (Å²) in [6.07, 6.45) is 0.991. The van der Waals surface area contributed by atoms with E-state index in [1.807, 2.05) is 0 Å². The molecule has 1 fully saturated rings. The van der Waals surface area contributed by atoms with Crippen LogP contribution in [0.4, 0.5) is 5.69 Å². The van der Waals surface area contributed by atoms with Crippen molar-refractivity contribution < 1.29 is 23.1 Å². The molecule has 120 valence electrons. The molecule has 2 N–H and O–H groups in total. The first kappa shape index (κ1) is 16.7. The number of benzene rings is 1. The van der Waals surface area contributed by atoms with Gasteiger partial charge in [-0.25, -0.2) is 12.7 Å². The van der Waals surface area contributed by atoms with E-state index in [-0.39, 0.29) is 13.1 Å². The van der Waals surface area contributed by atoms with Crippen molar-refractivity contribution in [1.82, 2.24) is 4.31 Å². The summed E-state index contributed by atoms with van der Waals surface area (Å²) in [6, 6.07) is 6.34. The van der Waals surface area contributed by atoms with Crippen LogP contribution in [0.2, 0.25) is 5.02 Å². The maximum atomic E-state index is 12.3. The average Bonchev–Trinajstić information content (AvgIpc) is 2.86. The summed E-state index contributed by atoms with van der Waals surface area (Å²) in [7, 11) is -3.54. The minimum Gasteiger partial charge on any atom is -0.481 e. The molecule has 2 atom stereocenters. The largest absolute Gasteiger partial charge is 0.481 e. The summed E-state index contributed by atoms with van der Waals surface area (Å²) in [5.41, 5.74) is 0.469. The molecule has 1 aliphatic heterocycles. The molecular weight excluding hydrogens is 332 g/mol. The third kappa shape index (κ3) is 3.76. The Morgan fingerprint density at radius 3 is 2.27 bits per heavy atom. The normalized spacial score (nSPS) is 22.5. The highest BCUT2D eigenvalue weighted by Crippen LogP contribution is 2.27. The second-order valence-corrected chi connectivity index (χ2v) is 7.55. The molecule has 0 unspecified atom stereocenters. The molecule has 7 nitrogen and oxygen atoms in total. The number of anilines is 1. The van der Waals surface area contributed by atoms with Gasteiger partial charge in [0, 0.05) is 23.8 Å². The van der Waals surface area contributed by atoms with E-state index in [0.29, 0.717) is 10.7 Å². The van der Waals surface area contributed by atoms with Gasteiger partial charge in [0.2, 0.25) is 15.9 Å². The number of aliphatic carboxylic acids is 1. The number of carbonyl (C=O) groups excluding carboxylic acids is 1. The fraction of sp³-hybridized carbons (Fsp3) is 0.385. The number of carboxylic acids is 1. The summed E-state index contributed by atoms with van der Waals surface area (Å²) in [5.74, 6) is -3.73. The van der Waals surface area contributed by atoms with E-state index in [1.54, 1.807) is 24.3 Å². The maximum absolute atomic E-state index is 12.3. The highest BCUT2D eigenvalue weighted by molar-refractivity contribution is 7.88. The van der Waals surface area contributed by atoms with Crippen molar-refractivity contribution in [1.29, 1.82) is 0 Å². The Bertz CT molecular complexity index is 689. The fourth-order valence-corrected chi connectivity index (χ4v) is 3.31. The van der Waals surface area contributed by atoms with Gasteiger partial charge in [0.1, 0.15) is 0 Å². The van der Waals surface area contributed by atoms with Crippen LogP contribution in [0.3, 0.4) is 0 Å². The molecule has 9 heteroatoms. The SMILES string of the molecule is CS(=O)(=O)N1C[C@H](C(=O)O)[C@@H](C(=O)Nc2ccc(Cl)cc2)C1. The number of amides is 1. The second kappa shape index (κ2) is 6.23. The van der Waals surface area contributed by atoms with Crippen molar-refractivity contribution in [3.05, 3.63) is 29.3 Å². The minimum atomic E-state index is -3.54. The van der Waals surface area contributed by atoms with Gasteiger partial charge in [-0.3, -0.25) is 9.59 Å². The predicted molar refractivity (Wildman–Crippen MR) is 81.1 cm³/mol. The van der Waals surface area contributed by atoms with Crippen molar-refractivity contribution in [2.75, 3.05) is 24.7 Å². The smallest absolute Gasteiger partial charge is 0.308 e. The van der Waals surface area contributed by atoms with Gasteiger partial charge in [0.25, 0.3) is 0 Å². The molecule has 0 bridgehead atoms. The molecule has 0 spiro atoms. The van der Waals surface area contributed by atoms with Crippen LogP contribution in [0.15, 0.2) is 24.3 Å². The van der Waals surface area contributed by atoms with Gasteiger partial charge in [-0.05, 0) is 24.3 Å². The third-order valence-electron chi connectivity index (χ3n) is 3.52. The number of nitrogens with one attached hydrogen (secondary N) is 1. The molecular formula is C13H15ClN2O5S. The van der Waals surface area contributed by atoms with Crippen LogP contribution in [0.5, 0.6) is 0 Å². The van der Waals surface area contributed by atoms with Crippen molar-refractivity contribution in [2.24, 2.45) is 11.8 Å². The highest BCUT2D eigenvalue weighted by Gasteiger charge is 2.44. The topological polar surface area (TPSA) is 104 Å². The number of carboxylic acid groups (broad SMARTS) is 1. The number of carbonyl (C=O) groups is 2. The van der Waals surface area contributed by atoms with Crippen LogP contribution in [-0.4, -0.2) is 49.1 Å². The summed E-state index contributed by atoms with van der Waals surface area (Å²) in [6.45, 7) is -0.345. The van der Waals surface area contributed by atoms with E-state index >= 15 is 0 Å². The van der Waals surface area contributed by atoms with Crippen LogP contribution in [-0.2, 0) is 19.6 Å². The van der Waals surface area contributed by atoms with E-state index < -0.39 is 33.7 Å². The maximum Gasteiger partial charge on any atom is 0.308 e. The third-order valence-corrected chi connectivity index (χ3v) is 5.01. The lowest BCUT2D eigenvalue weighted by Crippen LogP contribution is -2.32. The Balaban J connectivity index is 2.16. The van der Waals surface area contributed by atoms with Crippen molar-refractivity contribution in [3.8, 4) is 0 Å². The van der Waals surface area contributed by atoms with Gasteiger partial charge < -0.3 is 10.4 Å². The second-order valence-electron chi connectivity index (χ2n) is 5.13. The Morgan fingerprint density at radius 2 is 1.77 bits per heavy atom. The molecule has 1 aromatic carbocycles. The lowest BCUT2D eigenvalue weighted by molar-refractivity contribution is -0.144. The van der Waals surface area contributed by atoms with Crippen LogP contribution < -0.4 is 5.32 Å². The van der Waals surface area contributed by atoms with E-state index in [0.717, 1.165) is 10.6 Å². The molecule has 0 radical (unpaired) electrons. The molecule has 1 aliphatic rings. The standard InChI is InChI=1S/C13H15ClN2O5S/c1-22(20,21)16-6-10(11(7-16)13(18)19)12(17)15-9-4-2-8(14)3-5-9/h2-5,10-11H,6-7H2,1H3,(H,15,17)(H,18,19)/t10-,11-/m0/s1. The van der Waals surface area contributed by atoms with E-state index in [9.17, 15) is 23.1 Å². The predicted octanol–water partition coefficient (Wildman–Crippen LogP) is 0.871. The summed E-state index contributed by atoms with van der Waals surface area (Å²) in [5, 5.41) is 12.3. The molecule has 1 saturated heterocycles. The number of hydrogen-bond donors (Lipinski definition) is 2. The molecule has 0 aliphatic carbocycles. The lowest BCUT2D eigenvalue weighted by atomic mass is 9.95. The zero-order valence-electron chi connectivity index (χ0n) is 11.7. The number of halogens is 1. The first-order chi connectivity index (χ1) is 10.2. The number of nitrogens with zero attached hydrogens (tertiary/aromatic N) is 1. The van der Waals surface area contributed by atoms with Gasteiger partial charge in [0.15, 0.2) is 0 Å². The number of sulfonamides is 1. The van der Waals surface area contributed by atoms with Crippen LogP contribution in [0, 0.1) is 11.8 Å². The molecule has 22 heavy (non-hydrogen) atoms. The molecule has 0 saturated carbocycles. The minimum absolute atomic E-state index is 0.144. The van der Waals surface area contributed by atoms with E-state index in [4.69, 9.17) is 11.6 Å². The Morgan fingerprint density at radius 1 is 1.23 bits per heavy atom.